The van der Waals surface area contributed by atoms with Gasteiger partial charge in [-0.05, 0) is 24.3 Å². The van der Waals surface area contributed by atoms with Crippen molar-refractivity contribution in [3.05, 3.63) is 34.6 Å². The lowest BCUT2D eigenvalue weighted by Crippen LogP contribution is -2.23. The summed E-state index contributed by atoms with van der Waals surface area (Å²) in [6.45, 7) is 0.172. The summed E-state index contributed by atoms with van der Waals surface area (Å²) >= 11 is 1.55. The largest absolute Gasteiger partial charge is 0.396 e. The molecule has 6 heteroatoms. The molecule has 0 amide bonds. The molecular formula is C11H13N3O2S. The second-order valence-corrected chi connectivity index (χ2v) is 4.60. The summed E-state index contributed by atoms with van der Waals surface area (Å²) in [4.78, 5) is 12.0. The average molecular weight is 251 g/mol. The predicted molar refractivity (Wildman–Crippen MR) is 68.0 cm³/mol. The number of rotatable bonds is 5. The third-order valence-corrected chi connectivity index (χ3v) is 3.29. The van der Waals surface area contributed by atoms with Crippen molar-refractivity contribution in [2.45, 2.75) is 12.3 Å². The Kier molecular flexibility index (Phi) is 4.11. The third-order valence-electron chi connectivity index (χ3n) is 2.29. The van der Waals surface area contributed by atoms with Crippen molar-refractivity contribution < 1.29 is 5.11 Å². The Morgan fingerprint density at radius 3 is 3.00 bits per heavy atom. The number of fused-ring (bicyclic) bond motifs is 1. The van der Waals surface area contributed by atoms with Crippen LogP contribution in [0.4, 0.5) is 0 Å². The highest BCUT2D eigenvalue weighted by Gasteiger charge is 2.04. The van der Waals surface area contributed by atoms with Crippen LogP contribution in [0.25, 0.3) is 10.9 Å². The number of nitrogens with zero attached hydrogens (tertiary/aromatic N) is 3. The van der Waals surface area contributed by atoms with Gasteiger partial charge in [0.1, 0.15) is 5.52 Å². The summed E-state index contributed by atoms with van der Waals surface area (Å²) in [5.74, 6) is 1.27. The van der Waals surface area contributed by atoms with Gasteiger partial charge in [0.15, 0.2) is 0 Å². The molecule has 0 radical (unpaired) electrons. The van der Waals surface area contributed by atoms with Crippen LogP contribution >= 0.6 is 11.8 Å². The maximum Gasteiger partial charge on any atom is 0.278 e. The van der Waals surface area contributed by atoms with Gasteiger partial charge in [-0.1, -0.05) is 17.3 Å². The van der Waals surface area contributed by atoms with E-state index in [0.717, 1.165) is 12.2 Å². The zero-order valence-electron chi connectivity index (χ0n) is 9.24. The van der Waals surface area contributed by atoms with Crippen molar-refractivity contribution in [3.8, 4) is 0 Å². The maximum atomic E-state index is 12.0. The molecule has 0 saturated heterocycles. The van der Waals surface area contributed by atoms with E-state index in [-0.39, 0.29) is 12.2 Å². The lowest BCUT2D eigenvalue weighted by atomic mass is 10.2. The summed E-state index contributed by atoms with van der Waals surface area (Å²) in [5, 5.41) is 17.1. The summed E-state index contributed by atoms with van der Waals surface area (Å²) in [6.07, 6.45) is 0.723. The predicted octanol–water partition coefficient (Wildman–Crippen LogP) is 0.865. The van der Waals surface area contributed by atoms with Crippen molar-refractivity contribution in [2.75, 3.05) is 12.4 Å². The summed E-state index contributed by atoms with van der Waals surface area (Å²) in [5.41, 5.74) is 0.501. The van der Waals surface area contributed by atoms with Gasteiger partial charge in [0.2, 0.25) is 0 Å². The molecule has 0 aliphatic heterocycles. The molecule has 90 valence electrons. The van der Waals surface area contributed by atoms with Gasteiger partial charge >= 0.3 is 0 Å². The smallest absolute Gasteiger partial charge is 0.278 e. The molecule has 0 saturated carbocycles. The molecule has 0 aliphatic carbocycles. The molecule has 5 nitrogen and oxygen atoms in total. The number of aliphatic hydroxyl groups excluding tert-OH is 1. The molecule has 0 atom stereocenters. The van der Waals surface area contributed by atoms with Crippen LogP contribution in [0.15, 0.2) is 29.1 Å². The Bertz CT molecular complexity index is 556. The van der Waals surface area contributed by atoms with Crippen LogP contribution in [0.1, 0.15) is 6.42 Å². The molecule has 0 bridgehead atoms. The molecule has 1 heterocycles. The minimum Gasteiger partial charge on any atom is -0.396 e. The van der Waals surface area contributed by atoms with Crippen LogP contribution in [-0.2, 0) is 5.88 Å². The quantitative estimate of drug-likeness (QED) is 0.798. The summed E-state index contributed by atoms with van der Waals surface area (Å²) in [6, 6.07) is 7.17. The Morgan fingerprint density at radius 1 is 1.35 bits per heavy atom. The van der Waals surface area contributed by atoms with E-state index in [0.29, 0.717) is 16.8 Å². The lowest BCUT2D eigenvalue weighted by molar-refractivity contribution is 0.296. The van der Waals surface area contributed by atoms with Gasteiger partial charge in [-0.3, -0.25) is 4.79 Å². The fourth-order valence-electron chi connectivity index (χ4n) is 1.43. The Hall–Kier alpha value is -1.40. The molecule has 2 rings (SSSR count). The number of hydrogen-bond donors (Lipinski definition) is 1. The van der Waals surface area contributed by atoms with Crippen molar-refractivity contribution in [2.24, 2.45) is 0 Å². The number of benzene rings is 1. The maximum absolute atomic E-state index is 12.0. The Balaban J connectivity index is 2.18. The van der Waals surface area contributed by atoms with Crippen LogP contribution in [0.5, 0.6) is 0 Å². The Labute approximate surface area is 102 Å². The first-order valence-corrected chi connectivity index (χ1v) is 6.49. The number of aliphatic hydroxyl groups is 1. The fraction of sp³-hybridized carbons (Fsp3) is 0.364. The summed E-state index contributed by atoms with van der Waals surface area (Å²) in [7, 11) is 0. The minimum atomic E-state index is -0.118. The van der Waals surface area contributed by atoms with Gasteiger partial charge < -0.3 is 5.11 Å². The van der Waals surface area contributed by atoms with Gasteiger partial charge in [0, 0.05) is 6.61 Å². The standard InChI is InChI=1S/C11H13N3O2S/c15-6-3-7-17-8-14-11(16)9-4-1-2-5-10(9)12-13-14/h1-2,4-5,15H,3,6-8H2. The molecule has 1 aromatic heterocycles. The van der Waals surface area contributed by atoms with Crippen LogP contribution < -0.4 is 5.56 Å². The van der Waals surface area contributed by atoms with E-state index in [9.17, 15) is 4.79 Å². The minimum absolute atomic E-state index is 0.118. The monoisotopic (exact) mass is 251 g/mol. The molecule has 0 unspecified atom stereocenters. The highest BCUT2D eigenvalue weighted by atomic mass is 32.2. The van der Waals surface area contributed by atoms with E-state index >= 15 is 0 Å². The fourth-order valence-corrected chi connectivity index (χ4v) is 2.23. The highest BCUT2D eigenvalue weighted by Crippen LogP contribution is 2.06. The van der Waals surface area contributed by atoms with E-state index < -0.39 is 0 Å². The molecule has 17 heavy (non-hydrogen) atoms. The van der Waals surface area contributed by atoms with Crippen molar-refractivity contribution in [1.82, 2.24) is 15.0 Å². The second kappa shape index (κ2) is 5.79. The SMILES string of the molecule is O=c1c2ccccc2nnn1CSCCCO. The number of thioether (sulfide) groups is 1. The van der Waals surface area contributed by atoms with Crippen molar-refractivity contribution in [3.63, 3.8) is 0 Å². The molecule has 1 aromatic carbocycles. The third kappa shape index (κ3) is 2.83. The van der Waals surface area contributed by atoms with Gasteiger partial charge in [-0.2, -0.15) is 0 Å². The zero-order chi connectivity index (χ0) is 12.1. The van der Waals surface area contributed by atoms with Crippen LogP contribution in [0.3, 0.4) is 0 Å². The second-order valence-electron chi connectivity index (χ2n) is 3.53. The van der Waals surface area contributed by atoms with E-state index in [1.165, 1.54) is 4.68 Å². The average Bonchev–Trinajstić information content (AvgIpc) is 2.37. The van der Waals surface area contributed by atoms with Crippen LogP contribution in [0, 0.1) is 0 Å². The Morgan fingerprint density at radius 2 is 2.18 bits per heavy atom. The normalized spacial score (nSPS) is 10.9. The van der Waals surface area contributed by atoms with Crippen molar-refractivity contribution in [1.29, 1.82) is 0 Å². The first-order valence-electron chi connectivity index (χ1n) is 5.34. The lowest BCUT2D eigenvalue weighted by Gasteiger charge is -2.03. The first kappa shape index (κ1) is 12.1. The van der Waals surface area contributed by atoms with Crippen LogP contribution in [-0.4, -0.2) is 32.5 Å². The molecular weight excluding hydrogens is 238 g/mol. The number of aromatic nitrogens is 3. The van der Waals surface area contributed by atoms with Gasteiger partial charge in [0.25, 0.3) is 5.56 Å². The van der Waals surface area contributed by atoms with E-state index in [4.69, 9.17) is 5.11 Å². The van der Waals surface area contributed by atoms with Gasteiger partial charge in [0.05, 0.1) is 11.3 Å². The molecule has 0 aliphatic rings. The molecule has 2 aromatic rings. The van der Waals surface area contributed by atoms with E-state index in [1.807, 2.05) is 12.1 Å². The van der Waals surface area contributed by atoms with Gasteiger partial charge in [-0.15, -0.1) is 16.9 Å². The summed E-state index contributed by atoms with van der Waals surface area (Å²) < 4.78 is 1.35. The highest BCUT2D eigenvalue weighted by molar-refractivity contribution is 7.98. The first-order chi connectivity index (χ1) is 8.33. The molecule has 1 N–H and O–H groups in total. The van der Waals surface area contributed by atoms with E-state index in [2.05, 4.69) is 10.3 Å². The van der Waals surface area contributed by atoms with Gasteiger partial charge in [-0.25, -0.2) is 4.68 Å². The van der Waals surface area contributed by atoms with E-state index in [1.54, 1.807) is 23.9 Å². The zero-order valence-corrected chi connectivity index (χ0v) is 10.1. The molecule has 0 spiro atoms. The molecule has 0 fully saturated rings. The van der Waals surface area contributed by atoms with Crippen LogP contribution in [0.2, 0.25) is 0 Å². The number of hydrogen-bond acceptors (Lipinski definition) is 5. The topological polar surface area (TPSA) is 68.0 Å². The van der Waals surface area contributed by atoms with Crippen molar-refractivity contribution >= 4 is 22.7 Å².